The smallest absolute Gasteiger partial charge is 0.326 e. The number of hydrogen-bond donors (Lipinski definition) is 1. The van der Waals surface area contributed by atoms with Gasteiger partial charge in [-0.3, -0.25) is 0 Å². The molecule has 17 heavy (non-hydrogen) atoms. The summed E-state index contributed by atoms with van der Waals surface area (Å²) in [7, 11) is 0. The number of fused-ring (bicyclic) bond motifs is 1. The maximum atomic E-state index is 11.3. The molecule has 0 aromatic carbocycles. The number of aliphatic carboxylic acids is 1. The molecule has 1 aliphatic carbocycles. The number of carboxylic acid groups (broad SMARTS) is 1. The van der Waals surface area contributed by atoms with Gasteiger partial charge >= 0.3 is 5.97 Å². The van der Waals surface area contributed by atoms with Gasteiger partial charge in [0.2, 0.25) is 0 Å². The zero-order valence-corrected chi connectivity index (χ0v) is 10.3. The van der Waals surface area contributed by atoms with Crippen LogP contribution in [0.25, 0.3) is 0 Å². The fourth-order valence-corrected chi connectivity index (χ4v) is 3.08. The molecule has 5 heteroatoms. The molecule has 1 aromatic rings. The third-order valence-electron chi connectivity index (χ3n) is 3.95. The van der Waals surface area contributed by atoms with E-state index in [1.165, 1.54) is 6.42 Å². The van der Waals surface area contributed by atoms with Crippen molar-refractivity contribution in [1.29, 1.82) is 0 Å². The molecule has 0 saturated heterocycles. The lowest BCUT2D eigenvalue weighted by atomic mass is 9.84. The Bertz CT molecular complexity index is 465. The van der Waals surface area contributed by atoms with E-state index >= 15 is 0 Å². The summed E-state index contributed by atoms with van der Waals surface area (Å²) in [5, 5.41) is 9.81. The van der Waals surface area contributed by atoms with E-state index in [4.69, 9.17) is 11.6 Å². The lowest BCUT2D eigenvalue weighted by Crippen LogP contribution is -2.28. The standard InChI is InChI=1S/C12H15ClN2O2/c13-10-8-5-2-6-9(12(16)17)15(8)11(14-10)7-3-1-4-7/h7,9H,1-6H2,(H,16,17). The highest BCUT2D eigenvalue weighted by atomic mass is 35.5. The normalized spacial score (nSPS) is 24.2. The highest BCUT2D eigenvalue weighted by Gasteiger charge is 2.34. The van der Waals surface area contributed by atoms with Gasteiger partial charge in [0.1, 0.15) is 11.9 Å². The van der Waals surface area contributed by atoms with Gasteiger partial charge in [-0.1, -0.05) is 18.0 Å². The van der Waals surface area contributed by atoms with E-state index < -0.39 is 12.0 Å². The number of aromatic nitrogens is 2. The third kappa shape index (κ3) is 1.66. The zero-order valence-electron chi connectivity index (χ0n) is 9.53. The van der Waals surface area contributed by atoms with Crippen LogP contribution in [-0.4, -0.2) is 20.6 Å². The van der Waals surface area contributed by atoms with Crippen molar-refractivity contribution in [1.82, 2.24) is 9.55 Å². The van der Waals surface area contributed by atoms with E-state index in [1.54, 1.807) is 0 Å². The molecule has 1 saturated carbocycles. The molecule has 1 aromatic heterocycles. The Labute approximate surface area is 105 Å². The molecular weight excluding hydrogens is 240 g/mol. The van der Waals surface area contributed by atoms with Crippen LogP contribution in [-0.2, 0) is 11.2 Å². The maximum Gasteiger partial charge on any atom is 0.326 e. The Balaban J connectivity index is 2.08. The highest BCUT2D eigenvalue weighted by Crippen LogP contribution is 2.41. The molecule has 1 N–H and O–H groups in total. The van der Waals surface area contributed by atoms with Gasteiger partial charge in [-0.2, -0.15) is 0 Å². The minimum Gasteiger partial charge on any atom is -0.480 e. The van der Waals surface area contributed by atoms with Crippen molar-refractivity contribution in [3.8, 4) is 0 Å². The predicted octanol–water partition coefficient (Wildman–Crippen LogP) is 2.77. The molecule has 0 bridgehead atoms. The predicted molar refractivity (Wildman–Crippen MR) is 63.4 cm³/mol. The second-order valence-corrected chi connectivity index (χ2v) is 5.31. The topological polar surface area (TPSA) is 55.1 Å². The number of carboxylic acids is 1. The molecule has 1 aliphatic heterocycles. The molecule has 4 nitrogen and oxygen atoms in total. The van der Waals surface area contributed by atoms with Crippen LogP contribution in [0.15, 0.2) is 0 Å². The van der Waals surface area contributed by atoms with Crippen LogP contribution in [0.4, 0.5) is 0 Å². The average Bonchev–Trinajstić information content (AvgIpc) is 2.54. The molecule has 1 fully saturated rings. The van der Waals surface area contributed by atoms with Crippen molar-refractivity contribution >= 4 is 17.6 Å². The summed E-state index contributed by atoms with van der Waals surface area (Å²) >= 11 is 6.13. The van der Waals surface area contributed by atoms with E-state index in [9.17, 15) is 9.90 Å². The Hall–Kier alpha value is -1.03. The van der Waals surface area contributed by atoms with Gasteiger partial charge in [-0.25, -0.2) is 9.78 Å². The number of nitrogens with zero attached hydrogens (tertiary/aromatic N) is 2. The Morgan fingerprint density at radius 1 is 1.35 bits per heavy atom. The highest BCUT2D eigenvalue weighted by molar-refractivity contribution is 6.30. The van der Waals surface area contributed by atoms with Crippen LogP contribution in [0.2, 0.25) is 5.15 Å². The van der Waals surface area contributed by atoms with E-state index in [1.807, 2.05) is 4.57 Å². The maximum absolute atomic E-state index is 11.3. The minimum atomic E-state index is -0.763. The van der Waals surface area contributed by atoms with Gasteiger partial charge in [-0.15, -0.1) is 0 Å². The number of rotatable bonds is 2. The van der Waals surface area contributed by atoms with Gasteiger partial charge in [0.25, 0.3) is 0 Å². The quantitative estimate of drug-likeness (QED) is 0.883. The average molecular weight is 255 g/mol. The monoisotopic (exact) mass is 254 g/mol. The fraction of sp³-hybridized carbons (Fsp3) is 0.667. The Morgan fingerprint density at radius 3 is 2.71 bits per heavy atom. The van der Waals surface area contributed by atoms with E-state index in [0.717, 1.165) is 37.2 Å². The van der Waals surface area contributed by atoms with Crippen LogP contribution < -0.4 is 0 Å². The van der Waals surface area contributed by atoms with Crippen molar-refractivity contribution in [2.75, 3.05) is 0 Å². The summed E-state index contributed by atoms with van der Waals surface area (Å²) in [6, 6.07) is -0.464. The molecule has 0 amide bonds. The van der Waals surface area contributed by atoms with Gasteiger partial charge in [0.05, 0.1) is 5.69 Å². The van der Waals surface area contributed by atoms with Crippen LogP contribution in [0, 0.1) is 0 Å². The summed E-state index contributed by atoms with van der Waals surface area (Å²) < 4.78 is 1.90. The van der Waals surface area contributed by atoms with E-state index in [2.05, 4.69) is 4.98 Å². The largest absolute Gasteiger partial charge is 0.480 e. The van der Waals surface area contributed by atoms with Crippen LogP contribution in [0.5, 0.6) is 0 Å². The first-order valence-corrected chi connectivity index (χ1v) is 6.55. The number of carbonyl (C=O) groups is 1. The van der Waals surface area contributed by atoms with Crippen molar-refractivity contribution in [2.24, 2.45) is 0 Å². The molecular formula is C12H15ClN2O2. The minimum absolute atomic E-state index is 0.418. The van der Waals surface area contributed by atoms with Crippen LogP contribution >= 0.6 is 11.6 Å². The van der Waals surface area contributed by atoms with Gasteiger partial charge in [-0.05, 0) is 32.1 Å². The zero-order chi connectivity index (χ0) is 12.0. The first-order chi connectivity index (χ1) is 8.18. The van der Waals surface area contributed by atoms with Gasteiger partial charge < -0.3 is 9.67 Å². The Kier molecular flexibility index (Phi) is 2.62. The molecule has 92 valence electrons. The van der Waals surface area contributed by atoms with Crippen molar-refractivity contribution in [3.05, 3.63) is 16.7 Å². The van der Waals surface area contributed by atoms with E-state index in [-0.39, 0.29) is 0 Å². The van der Waals surface area contributed by atoms with Crippen molar-refractivity contribution < 1.29 is 9.90 Å². The second-order valence-electron chi connectivity index (χ2n) is 4.95. The van der Waals surface area contributed by atoms with Crippen molar-refractivity contribution in [2.45, 2.75) is 50.5 Å². The number of hydrogen-bond acceptors (Lipinski definition) is 2. The summed E-state index contributed by atoms with van der Waals surface area (Å²) in [5.41, 5.74) is 0.923. The van der Waals surface area contributed by atoms with Crippen LogP contribution in [0.3, 0.4) is 0 Å². The summed E-state index contributed by atoms with van der Waals surface area (Å²) in [6.45, 7) is 0. The van der Waals surface area contributed by atoms with Crippen molar-refractivity contribution in [3.63, 3.8) is 0 Å². The lowest BCUT2D eigenvalue weighted by molar-refractivity contribution is -0.141. The summed E-state index contributed by atoms with van der Waals surface area (Å²) in [4.78, 5) is 15.7. The lowest BCUT2D eigenvalue weighted by Gasteiger charge is -2.30. The van der Waals surface area contributed by atoms with E-state index in [0.29, 0.717) is 17.5 Å². The Morgan fingerprint density at radius 2 is 2.12 bits per heavy atom. The first-order valence-electron chi connectivity index (χ1n) is 6.17. The molecule has 0 radical (unpaired) electrons. The molecule has 2 aliphatic rings. The molecule has 1 unspecified atom stereocenters. The number of halogens is 1. The van der Waals surface area contributed by atoms with Crippen LogP contribution in [0.1, 0.15) is 55.6 Å². The molecule has 2 heterocycles. The second kappa shape index (κ2) is 4.02. The first kappa shape index (κ1) is 11.1. The third-order valence-corrected chi connectivity index (χ3v) is 4.25. The number of imidazole rings is 1. The summed E-state index contributed by atoms with van der Waals surface area (Å²) in [5.74, 6) is 0.560. The van der Waals surface area contributed by atoms with Gasteiger partial charge in [0, 0.05) is 5.92 Å². The summed E-state index contributed by atoms with van der Waals surface area (Å²) in [6.07, 6.45) is 5.85. The molecule has 1 atom stereocenters. The SMILES string of the molecule is O=C(O)C1CCCc2c(Cl)nc(C3CCC3)n21. The van der Waals surface area contributed by atoms with Gasteiger partial charge in [0.15, 0.2) is 5.15 Å². The molecule has 3 rings (SSSR count). The molecule has 0 spiro atoms. The fourth-order valence-electron chi connectivity index (χ4n) is 2.81.